The van der Waals surface area contributed by atoms with Crippen LogP contribution < -0.4 is 0 Å². The zero-order chi connectivity index (χ0) is 14.0. The molecule has 1 aromatic carbocycles. The van der Waals surface area contributed by atoms with Gasteiger partial charge >= 0.3 is 5.97 Å². The summed E-state index contributed by atoms with van der Waals surface area (Å²) in [6, 6.07) is 4.80. The van der Waals surface area contributed by atoms with Gasteiger partial charge in [-0.25, -0.2) is 8.78 Å². The van der Waals surface area contributed by atoms with Gasteiger partial charge in [0.1, 0.15) is 0 Å². The van der Waals surface area contributed by atoms with Gasteiger partial charge in [0.2, 0.25) is 0 Å². The van der Waals surface area contributed by atoms with Crippen LogP contribution in [0.3, 0.4) is 0 Å². The lowest BCUT2D eigenvalue weighted by atomic mass is 9.95. The van der Waals surface area contributed by atoms with Crippen molar-refractivity contribution in [1.82, 2.24) is 4.57 Å². The largest absolute Gasteiger partial charge is 0.480 e. The molecule has 1 fully saturated rings. The van der Waals surface area contributed by atoms with Gasteiger partial charge in [0.25, 0.3) is 5.92 Å². The molecule has 3 rings (SSSR count). The summed E-state index contributed by atoms with van der Waals surface area (Å²) >= 11 is 5.87. The molecule has 1 aliphatic rings. The first-order valence-electron chi connectivity index (χ1n) is 5.66. The number of halogens is 3. The molecular weight excluding hydrogens is 276 g/mol. The predicted molar refractivity (Wildman–Crippen MR) is 66.8 cm³/mol. The highest BCUT2D eigenvalue weighted by molar-refractivity contribution is 6.31. The highest BCUT2D eigenvalue weighted by Crippen LogP contribution is 2.63. The Hall–Kier alpha value is -1.62. The number of hydrogen-bond acceptors (Lipinski definition) is 1. The minimum atomic E-state index is -3.20. The van der Waals surface area contributed by atoms with Crippen molar-refractivity contribution in [3.63, 3.8) is 0 Å². The zero-order valence-electron chi connectivity index (χ0n) is 9.95. The van der Waals surface area contributed by atoms with Crippen LogP contribution in [0.25, 0.3) is 10.9 Å². The molecule has 0 saturated heterocycles. The molecule has 0 radical (unpaired) electrons. The third-order valence-corrected chi connectivity index (χ3v) is 4.00. The van der Waals surface area contributed by atoms with Crippen molar-refractivity contribution < 1.29 is 18.7 Å². The molecule has 1 aliphatic carbocycles. The van der Waals surface area contributed by atoms with Crippen LogP contribution in [0.1, 0.15) is 12.0 Å². The lowest BCUT2D eigenvalue weighted by molar-refractivity contribution is -0.142. The first kappa shape index (κ1) is 12.4. The van der Waals surface area contributed by atoms with E-state index in [1.54, 1.807) is 29.8 Å². The van der Waals surface area contributed by atoms with Gasteiger partial charge in [-0.3, -0.25) is 4.79 Å². The Morgan fingerprint density at radius 1 is 1.47 bits per heavy atom. The number of aliphatic carboxylic acids is 1. The lowest BCUT2D eigenvalue weighted by Crippen LogP contribution is -2.26. The van der Waals surface area contributed by atoms with Crippen LogP contribution in [-0.4, -0.2) is 21.6 Å². The fourth-order valence-corrected chi connectivity index (χ4v) is 2.79. The minimum Gasteiger partial charge on any atom is -0.480 e. The van der Waals surface area contributed by atoms with E-state index in [4.69, 9.17) is 11.6 Å². The number of nitrogens with zero attached hydrogens (tertiary/aromatic N) is 1. The SMILES string of the molecule is Cn1cc(C2(C(=O)O)CC2(F)F)c2ccc(Cl)cc21. The monoisotopic (exact) mass is 285 g/mol. The Kier molecular flexibility index (Phi) is 2.27. The molecule has 0 bridgehead atoms. The molecule has 19 heavy (non-hydrogen) atoms. The Bertz CT molecular complexity index is 710. The molecule has 1 atom stereocenters. The Balaban J connectivity index is 2.30. The van der Waals surface area contributed by atoms with Crippen LogP contribution in [0.5, 0.6) is 0 Å². The molecule has 1 N–H and O–H groups in total. The number of fused-ring (bicyclic) bond motifs is 1. The standard InChI is InChI=1S/C13H10ClF2NO2/c1-17-5-9(8-3-2-7(14)4-10(8)17)12(11(18)19)6-13(12,15)16/h2-5H,6H2,1H3,(H,18,19). The molecule has 0 aliphatic heterocycles. The number of carboxylic acid groups (broad SMARTS) is 1. The van der Waals surface area contributed by atoms with Gasteiger partial charge in [0.05, 0.1) is 0 Å². The van der Waals surface area contributed by atoms with Crippen molar-refractivity contribution >= 4 is 28.5 Å². The number of aromatic nitrogens is 1. The number of carboxylic acids is 1. The van der Waals surface area contributed by atoms with Gasteiger partial charge in [0.15, 0.2) is 5.41 Å². The maximum atomic E-state index is 13.6. The molecule has 6 heteroatoms. The number of hydrogen-bond donors (Lipinski definition) is 1. The van der Waals surface area contributed by atoms with E-state index in [-0.39, 0.29) is 5.56 Å². The van der Waals surface area contributed by atoms with E-state index in [0.29, 0.717) is 15.9 Å². The molecular formula is C13H10ClF2NO2. The second-order valence-corrected chi connectivity index (χ2v) is 5.34. The van der Waals surface area contributed by atoms with Gasteiger partial charge in [-0.2, -0.15) is 0 Å². The summed E-state index contributed by atoms with van der Waals surface area (Å²) in [5, 5.41) is 10.2. The average Bonchev–Trinajstić information content (AvgIpc) is 2.76. The third kappa shape index (κ3) is 1.45. The van der Waals surface area contributed by atoms with Crippen LogP contribution in [0.2, 0.25) is 5.02 Å². The fourth-order valence-electron chi connectivity index (χ4n) is 2.63. The topological polar surface area (TPSA) is 42.2 Å². The number of aryl methyl sites for hydroxylation is 1. The summed E-state index contributed by atoms with van der Waals surface area (Å²) < 4.78 is 28.8. The van der Waals surface area contributed by atoms with E-state index in [2.05, 4.69) is 0 Å². The van der Waals surface area contributed by atoms with E-state index in [0.717, 1.165) is 0 Å². The van der Waals surface area contributed by atoms with Gasteiger partial charge in [-0.05, 0) is 12.1 Å². The van der Waals surface area contributed by atoms with Crippen molar-refractivity contribution in [2.45, 2.75) is 17.8 Å². The molecule has 1 unspecified atom stereocenters. The number of benzene rings is 1. The Morgan fingerprint density at radius 2 is 2.11 bits per heavy atom. The van der Waals surface area contributed by atoms with E-state index >= 15 is 0 Å². The smallest absolute Gasteiger partial charge is 0.320 e. The summed E-state index contributed by atoms with van der Waals surface area (Å²) in [6.07, 6.45) is 0.799. The summed E-state index contributed by atoms with van der Waals surface area (Å²) in [5.74, 6) is -4.69. The maximum absolute atomic E-state index is 13.6. The van der Waals surface area contributed by atoms with Crippen molar-refractivity contribution in [1.29, 1.82) is 0 Å². The predicted octanol–water partition coefficient (Wildman–Crippen LogP) is 3.19. The van der Waals surface area contributed by atoms with Crippen molar-refractivity contribution in [3.8, 4) is 0 Å². The third-order valence-electron chi connectivity index (χ3n) is 3.76. The number of alkyl halides is 2. The highest BCUT2D eigenvalue weighted by Gasteiger charge is 2.78. The molecule has 1 aromatic heterocycles. The van der Waals surface area contributed by atoms with E-state index < -0.39 is 23.7 Å². The molecule has 0 amide bonds. The van der Waals surface area contributed by atoms with E-state index in [1.807, 2.05) is 0 Å². The first-order chi connectivity index (χ1) is 8.79. The maximum Gasteiger partial charge on any atom is 0.320 e. The molecule has 0 spiro atoms. The van der Waals surface area contributed by atoms with Crippen LogP contribution in [0, 0.1) is 0 Å². The first-order valence-corrected chi connectivity index (χ1v) is 6.04. The molecule has 1 heterocycles. The van der Waals surface area contributed by atoms with Crippen molar-refractivity contribution in [3.05, 3.63) is 35.0 Å². The quantitative estimate of drug-likeness (QED) is 0.921. The van der Waals surface area contributed by atoms with Gasteiger partial charge in [-0.15, -0.1) is 0 Å². The number of carbonyl (C=O) groups is 1. The van der Waals surface area contributed by atoms with Crippen molar-refractivity contribution in [2.24, 2.45) is 7.05 Å². The van der Waals surface area contributed by atoms with Crippen molar-refractivity contribution in [2.75, 3.05) is 0 Å². The van der Waals surface area contributed by atoms with Crippen LogP contribution in [0.4, 0.5) is 8.78 Å². The summed E-state index contributed by atoms with van der Waals surface area (Å²) in [6.45, 7) is 0. The second kappa shape index (κ2) is 3.48. The van der Waals surface area contributed by atoms with Gasteiger partial charge in [-0.1, -0.05) is 17.7 Å². The number of rotatable bonds is 2. The summed E-state index contributed by atoms with van der Waals surface area (Å²) in [7, 11) is 1.68. The normalized spacial score (nSPS) is 24.6. The second-order valence-electron chi connectivity index (χ2n) is 4.91. The van der Waals surface area contributed by atoms with Crippen LogP contribution in [0.15, 0.2) is 24.4 Å². The Morgan fingerprint density at radius 3 is 2.63 bits per heavy atom. The molecule has 1 saturated carbocycles. The minimum absolute atomic E-state index is 0.152. The zero-order valence-corrected chi connectivity index (χ0v) is 10.7. The summed E-state index contributed by atoms with van der Waals surface area (Å²) in [4.78, 5) is 11.3. The van der Waals surface area contributed by atoms with Gasteiger partial charge < -0.3 is 9.67 Å². The molecule has 100 valence electrons. The van der Waals surface area contributed by atoms with E-state index in [1.165, 1.54) is 6.20 Å². The fraction of sp³-hybridized carbons (Fsp3) is 0.308. The molecule has 3 nitrogen and oxygen atoms in total. The molecule has 2 aromatic rings. The summed E-state index contributed by atoms with van der Waals surface area (Å²) in [5.41, 5.74) is -1.30. The van der Waals surface area contributed by atoms with E-state index in [9.17, 15) is 18.7 Å². The van der Waals surface area contributed by atoms with Crippen LogP contribution >= 0.6 is 11.6 Å². The average molecular weight is 286 g/mol. The van der Waals surface area contributed by atoms with Gasteiger partial charge in [0, 0.05) is 41.2 Å². The lowest BCUT2D eigenvalue weighted by Gasteiger charge is -2.10. The highest BCUT2D eigenvalue weighted by atomic mass is 35.5. The van der Waals surface area contributed by atoms with Crippen LogP contribution in [-0.2, 0) is 17.3 Å². The Labute approximate surface area is 112 Å².